The van der Waals surface area contributed by atoms with E-state index in [0.29, 0.717) is 11.3 Å². The van der Waals surface area contributed by atoms with Crippen molar-refractivity contribution >= 4 is 40.6 Å². The predicted octanol–water partition coefficient (Wildman–Crippen LogP) is -0.961. The summed E-state index contributed by atoms with van der Waals surface area (Å²) >= 11 is 0. The Bertz CT molecular complexity index is 1290. The van der Waals surface area contributed by atoms with Gasteiger partial charge in [-0.25, -0.2) is 4.98 Å². The predicted molar refractivity (Wildman–Crippen MR) is 134 cm³/mol. The molecule has 0 saturated carbocycles. The van der Waals surface area contributed by atoms with Crippen LogP contribution in [0.25, 0.3) is 10.9 Å². The van der Waals surface area contributed by atoms with Crippen molar-refractivity contribution in [3.05, 3.63) is 54.2 Å². The number of carbonyl (C=O) groups is 5. The highest BCUT2D eigenvalue weighted by Gasteiger charge is 2.29. The molecule has 0 spiro atoms. The van der Waals surface area contributed by atoms with Crippen molar-refractivity contribution < 1.29 is 34.2 Å². The average Bonchev–Trinajstić information content (AvgIpc) is 3.55. The van der Waals surface area contributed by atoms with Crippen LogP contribution in [0.4, 0.5) is 0 Å². The fraction of sp³-hybridized carbons (Fsp3) is 0.333. The number of aliphatic carboxylic acids is 2. The van der Waals surface area contributed by atoms with E-state index in [2.05, 4.69) is 30.9 Å². The van der Waals surface area contributed by atoms with Gasteiger partial charge in [0.1, 0.15) is 18.6 Å². The number of aromatic amines is 2. The van der Waals surface area contributed by atoms with Gasteiger partial charge in [0.2, 0.25) is 17.7 Å². The number of carboxylic acid groups (broad SMARTS) is 2. The number of benzene rings is 1. The number of nitrogens with two attached hydrogens (primary N) is 1. The Morgan fingerprint density at radius 3 is 2.32 bits per heavy atom. The van der Waals surface area contributed by atoms with E-state index in [4.69, 9.17) is 15.9 Å². The molecule has 3 aromatic rings. The molecule has 0 radical (unpaired) electrons. The fourth-order valence-corrected chi connectivity index (χ4v) is 3.80. The van der Waals surface area contributed by atoms with E-state index in [9.17, 15) is 24.0 Å². The Morgan fingerprint density at radius 1 is 0.921 bits per heavy atom. The van der Waals surface area contributed by atoms with E-state index in [1.54, 1.807) is 6.20 Å². The minimum absolute atomic E-state index is 0.0247. The minimum Gasteiger partial charge on any atom is -0.481 e. The van der Waals surface area contributed by atoms with Gasteiger partial charge in [0, 0.05) is 48.3 Å². The molecule has 38 heavy (non-hydrogen) atoms. The van der Waals surface area contributed by atoms with Gasteiger partial charge in [-0.05, 0) is 18.1 Å². The molecule has 14 heteroatoms. The summed E-state index contributed by atoms with van der Waals surface area (Å²) in [5.74, 6) is -4.57. The molecule has 9 N–H and O–H groups in total. The van der Waals surface area contributed by atoms with Crippen molar-refractivity contribution in [3.63, 3.8) is 0 Å². The van der Waals surface area contributed by atoms with Crippen LogP contribution >= 0.6 is 0 Å². The lowest BCUT2D eigenvalue weighted by molar-refractivity contribution is -0.139. The first-order valence-electron chi connectivity index (χ1n) is 11.7. The van der Waals surface area contributed by atoms with Crippen molar-refractivity contribution in [3.8, 4) is 0 Å². The van der Waals surface area contributed by atoms with Crippen LogP contribution < -0.4 is 21.7 Å². The van der Waals surface area contributed by atoms with Crippen molar-refractivity contribution in [2.45, 2.75) is 43.8 Å². The zero-order chi connectivity index (χ0) is 27.7. The summed E-state index contributed by atoms with van der Waals surface area (Å²) < 4.78 is 0. The fourth-order valence-electron chi connectivity index (χ4n) is 3.80. The summed E-state index contributed by atoms with van der Waals surface area (Å²) in [4.78, 5) is 70.5. The number of carbonyl (C=O) groups excluding carboxylic acids is 3. The molecule has 3 unspecified atom stereocenters. The second kappa shape index (κ2) is 13.0. The Hall–Kier alpha value is -4.72. The van der Waals surface area contributed by atoms with E-state index in [0.717, 1.165) is 10.9 Å². The average molecular weight is 528 g/mol. The molecule has 3 rings (SSSR count). The molecule has 14 nitrogen and oxygen atoms in total. The molecule has 0 saturated heterocycles. The Balaban J connectivity index is 1.82. The summed E-state index contributed by atoms with van der Waals surface area (Å²) in [6, 6.07) is 3.80. The van der Waals surface area contributed by atoms with Crippen LogP contribution in [0.1, 0.15) is 24.1 Å². The van der Waals surface area contributed by atoms with E-state index in [1.165, 1.54) is 12.5 Å². The zero-order valence-electron chi connectivity index (χ0n) is 20.3. The van der Waals surface area contributed by atoms with Crippen LogP contribution in [0.5, 0.6) is 0 Å². The van der Waals surface area contributed by atoms with E-state index in [1.807, 2.05) is 24.3 Å². The maximum absolute atomic E-state index is 13.4. The van der Waals surface area contributed by atoms with Crippen molar-refractivity contribution in [1.29, 1.82) is 0 Å². The molecule has 0 aliphatic rings. The molecular formula is C24H29N7O7. The Labute approximate surface area is 216 Å². The summed E-state index contributed by atoms with van der Waals surface area (Å²) in [5, 5.41) is 26.0. The first-order valence-corrected chi connectivity index (χ1v) is 11.7. The molecule has 0 aliphatic carbocycles. The van der Waals surface area contributed by atoms with E-state index in [-0.39, 0.29) is 25.7 Å². The number of hydrogen-bond acceptors (Lipinski definition) is 7. The number of hydrogen-bond donors (Lipinski definition) is 8. The van der Waals surface area contributed by atoms with Gasteiger partial charge in [-0.2, -0.15) is 0 Å². The summed E-state index contributed by atoms with van der Waals surface area (Å²) in [6.45, 7) is -0.651. The van der Waals surface area contributed by atoms with Gasteiger partial charge in [0.25, 0.3) is 0 Å². The normalized spacial score (nSPS) is 13.3. The first kappa shape index (κ1) is 27.9. The molecule has 0 fully saturated rings. The first-order chi connectivity index (χ1) is 18.1. The van der Waals surface area contributed by atoms with E-state index < -0.39 is 54.3 Å². The second-order valence-corrected chi connectivity index (χ2v) is 8.62. The standard InChI is InChI=1S/C24H29N7O7/c25-16(5-6-20(32)33)22(36)30-18(7-13-9-27-17-4-2-1-3-15(13)17)24(38)31-19(8-14-10-26-12-29-14)23(37)28-11-21(34)35/h1-4,9-10,12,16,18-19,27H,5-8,11,25H2,(H,26,29)(H,28,37)(H,30,36)(H,31,38)(H,32,33)(H,34,35). The maximum Gasteiger partial charge on any atom is 0.322 e. The van der Waals surface area contributed by atoms with Crippen molar-refractivity contribution in [1.82, 2.24) is 30.9 Å². The van der Waals surface area contributed by atoms with Crippen molar-refractivity contribution in [2.24, 2.45) is 5.73 Å². The van der Waals surface area contributed by atoms with Gasteiger partial charge < -0.3 is 41.9 Å². The quantitative estimate of drug-likeness (QED) is 0.129. The minimum atomic E-state index is -1.26. The van der Waals surface area contributed by atoms with Crippen LogP contribution in [0, 0.1) is 0 Å². The highest BCUT2D eigenvalue weighted by molar-refractivity contribution is 5.94. The maximum atomic E-state index is 13.4. The Morgan fingerprint density at radius 2 is 1.63 bits per heavy atom. The van der Waals surface area contributed by atoms with Crippen LogP contribution in [-0.2, 0) is 36.8 Å². The third-order valence-corrected chi connectivity index (χ3v) is 5.76. The van der Waals surface area contributed by atoms with Crippen LogP contribution in [0.15, 0.2) is 43.0 Å². The molecule has 3 amide bonds. The van der Waals surface area contributed by atoms with Gasteiger partial charge in [0.15, 0.2) is 0 Å². The van der Waals surface area contributed by atoms with Gasteiger partial charge >= 0.3 is 11.9 Å². The lowest BCUT2D eigenvalue weighted by Gasteiger charge is -2.24. The van der Waals surface area contributed by atoms with Crippen LogP contribution in [0.3, 0.4) is 0 Å². The zero-order valence-corrected chi connectivity index (χ0v) is 20.3. The topological polar surface area (TPSA) is 232 Å². The van der Waals surface area contributed by atoms with Gasteiger partial charge in [-0.3, -0.25) is 24.0 Å². The SMILES string of the molecule is NC(CCC(=O)O)C(=O)NC(Cc1c[nH]c2ccccc12)C(=O)NC(Cc1cnc[nH]1)C(=O)NCC(=O)O. The number of aromatic nitrogens is 3. The highest BCUT2D eigenvalue weighted by Crippen LogP contribution is 2.19. The molecule has 1 aromatic carbocycles. The number of fused-ring (bicyclic) bond motifs is 1. The van der Waals surface area contributed by atoms with Gasteiger partial charge in [-0.15, -0.1) is 0 Å². The second-order valence-electron chi connectivity index (χ2n) is 8.62. The molecule has 0 bridgehead atoms. The highest BCUT2D eigenvalue weighted by atomic mass is 16.4. The summed E-state index contributed by atoms with van der Waals surface area (Å²) in [6.07, 6.45) is 4.08. The number of para-hydroxylation sites is 1. The lowest BCUT2D eigenvalue weighted by Crippen LogP contribution is -2.57. The summed E-state index contributed by atoms with van der Waals surface area (Å²) in [7, 11) is 0. The molecule has 2 aromatic heterocycles. The van der Waals surface area contributed by atoms with E-state index >= 15 is 0 Å². The molecule has 0 aliphatic heterocycles. The molecular weight excluding hydrogens is 498 g/mol. The number of carboxylic acids is 2. The Kier molecular flexibility index (Phi) is 9.54. The van der Waals surface area contributed by atoms with Gasteiger partial charge in [-0.1, -0.05) is 18.2 Å². The summed E-state index contributed by atoms with van der Waals surface area (Å²) in [5.41, 5.74) is 7.87. The van der Waals surface area contributed by atoms with Crippen LogP contribution in [0.2, 0.25) is 0 Å². The molecule has 3 atom stereocenters. The van der Waals surface area contributed by atoms with Gasteiger partial charge in [0.05, 0.1) is 12.4 Å². The molecule has 202 valence electrons. The lowest BCUT2D eigenvalue weighted by atomic mass is 10.0. The number of nitrogens with one attached hydrogen (secondary N) is 5. The largest absolute Gasteiger partial charge is 0.481 e. The molecule has 2 heterocycles. The number of imidazole rings is 1. The number of amides is 3. The third kappa shape index (κ3) is 7.89. The third-order valence-electron chi connectivity index (χ3n) is 5.76. The monoisotopic (exact) mass is 527 g/mol. The smallest absolute Gasteiger partial charge is 0.322 e. The van der Waals surface area contributed by atoms with Crippen LogP contribution in [-0.4, -0.2) is 79.5 Å². The number of rotatable bonds is 14. The number of nitrogens with zero attached hydrogens (tertiary/aromatic N) is 1. The van der Waals surface area contributed by atoms with Crippen molar-refractivity contribution in [2.75, 3.05) is 6.54 Å². The number of H-pyrrole nitrogens is 2.